The Labute approximate surface area is 190 Å². The molecule has 0 aliphatic carbocycles. The highest BCUT2D eigenvalue weighted by atomic mass is 19.1. The van der Waals surface area contributed by atoms with Crippen molar-refractivity contribution in [3.05, 3.63) is 77.1 Å². The third-order valence-electron chi connectivity index (χ3n) is 6.99. The molecule has 0 bridgehead atoms. The number of H-pyrrole nitrogens is 2. The van der Waals surface area contributed by atoms with E-state index in [0.29, 0.717) is 11.5 Å². The number of hydrogen-bond acceptors (Lipinski definition) is 4. The predicted molar refractivity (Wildman–Crippen MR) is 123 cm³/mol. The molecule has 1 fully saturated rings. The van der Waals surface area contributed by atoms with Crippen LogP contribution in [0, 0.1) is 23.1 Å². The van der Waals surface area contributed by atoms with Crippen molar-refractivity contribution in [3.63, 3.8) is 0 Å². The largest absolute Gasteiger partial charge is 0.381 e. The van der Waals surface area contributed by atoms with Crippen molar-refractivity contribution < 1.29 is 9.13 Å². The second-order valence-electron chi connectivity index (χ2n) is 8.93. The highest BCUT2D eigenvalue weighted by Gasteiger charge is 2.36. The summed E-state index contributed by atoms with van der Waals surface area (Å²) < 4.78 is 19.0. The van der Waals surface area contributed by atoms with E-state index in [1.165, 1.54) is 23.4 Å². The maximum Gasteiger partial charge on any atom is 0.124 e. The Balaban J connectivity index is 1.40. The van der Waals surface area contributed by atoms with Gasteiger partial charge in [0.2, 0.25) is 0 Å². The van der Waals surface area contributed by atoms with E-state index in [4.69, 9.17) is 9.72 Å². The third-order valence-corrected chi connectivity index (χ3v) is 6.99. The Kier molecular flexibility index (Phi) is 4.97. The lowest BCUT2D eigenvalue weighted by Gasteiger charge is -2.37. The van der Waals surface area contributed by atoms with E-state index in [-0.39, 0.29) is 17.9 Å². The van der Waals surface area contributed by atoms with Gasteiger partial charge in [0.25, 0.3) is 0 Å². The molecule has 2 aliphatic rings. The fourth-order valence-electron chi connectivity index (χ4n) is 5.27. The Morgan fingerprint density at radius 1 is 1.06 bits per heavy atom. The molecule has 0 saturated carbocycles. The third kappa shape index (κ3) is 3.62. The molecule has 33 heavy (non-hydrogen) atoms. The minimum absolute atomic E-state index is 0.00397. The number of aromatic nitrogens is 3. The first-order valence-electron chi connectivity index (χ1n) is 11.4. The molecule has 4 aromatic rings. The molecule has 2 aromatic heterocycles. The standard InChI is InChI=1S/C26H24FN5O/c27-18-4-2-16(3-5-18)23-14-29-26(32-23)22-12-20-19-11-15(13-28)1-6-21(19)30-25(20)24(31-22)17-7-9-33-10-8-17/h1-6,11,14,17,22,24,30-31H,7-10,12H2,(H,29,32). The lowest BCUT2D eigenvalue weighted by atomic mass is 9.83. The Morgan fingerprint density at radius 3 is 2.67 bits per heavy atom. The van der Waals surface area contributed by atoms with Crippen LogP contribution in [-0.2, 0) is 11.2 Å². The summed E-state index contributed by atoms with van der Waals surface area (Å²) in [6.07, 6.45) is 4.58. The maximum absolute atomic E-state index is 13.3. The highest BCUT2D eigenvalue weighted by Crippen LogP contribution is 2.41. The highest BCUT2D eigenvalue weighted by molar-refractivity contribution is 5.86. The van der Waals surface area contributed by atoms with Crippen molar-refractivity contribution in [2.24, 2.45) is 5.92 Å². The quantitative estimate of drug-likeness (QED) is 0.421. The van der Waals surface area contributed by atoms with Crippen molar-refractivity contribution in [2.75, 3.05) is 13.2 Å². The van der Waals surface area contributed by atoms with E-state index in [0.717, 1.165) is 60.5 Å². The van der Waals surface area contributed by atoms with Crippen LogP contribution in [-0.4, -0.2) is 28.2 Å². The average Bonchev–Trinajstić information content (AvgIpc) is 3.49. The SMILES string of the molecule is N#Cc1ccc2[nH]c3c(c2c1)CC(c1ncc(-c2ccc(F)cc2)[nH]1)NC3C1CCOCC1. The molecule has 166 valence electrons. The molecule has 2 atom stereocenters. The van der Waals surface area contributed by atoms with Crippen LogP contribution in [0.15, 0.2) is 48.7 Å². The molecule has 0 amide bonds. The maximum atomic E-state index is 13.3. The van der Waals surface area contributed by atoms with Gasteiger partial charge in [0, 0.05) is 29.8 Å². The lowest BCUT2D eigenvalue weighted by Crippen LogP contribution is -2.39. The van der Waals surface area contributed by atoms with Gasteiger partial charge in [-0.1, -0.05) is 0 Å². The smallest absolute Gasteiger partial charge is 0.124 e. The van der Waals surface area contributed by atoms with Crippen LogP contribution < -0.4 is 5.32 Å². The van der Waals surface area contributed by atoms with Crippen LogP contribution in [0.25, 0.3) is 22.2 Å². The van der Waals surface area contributed by atoms with E-state index < -0.39 is 0 Å². The number of ether oxygens (including phenoxy) is 1. The Hall–Kier alpha value is -3.47. The number of aromatic amines is 2. The zero-order valence-electron chi connectivity index (χ0n) is 18.1. The second-order valence-corrected chi connectivity index (χ2v) is 8.93. The normalized spacial score (nSPS) is 21.1. The summed E-state index contributed by atoms with van der Waals surface area (Å²) in [6.45, 7) is 1.55. The Morgan fingerprint density at radius 2 is 1.88 bits per heavy atom. The zero-order valence-corrected chi connectivity index (χ0v) is 18.1. The number of halogens is 1. The van der Waals surface area contributed by atoms with Crippen molar-refractivity contribution >= 4 is 10.9 Å². The summed E-state index contributed by atoms with van der Waals surface area (Å²) in [5.74, 6) is 1.06. The van der Waals surface area contributed by atoms with Crippen LogP contribution >= 0.6 is 0 Å². The molecule has 3 N–H and O–H groups in total. The molecule has 1 saturated heterocycles. The first-order valence-corrected chi connectivity index (χ1v) is 11.4. The van der Waals surface area contributed by atoms with Crippen LogP contribution in [0.5, 0.6) is 0 Å². The van der Waals surface area contributed by atoms with Crippen LogP contribution in [0.3, 0.4) is 0 Å². The van der Waals surface area contributed by atoms with Gasteiger partial charge in [-0.25, -0.2) is 9.37 Å². The van der Waals surface area contributed by atoms with E-state index in [2.05, 4.69) is 21.4 Å². The number of nitriles is 1. The molecule has 0 radical (unpaired) electrons. The number of fused-ring (bicyclic) bond motifs is 3. The van der Waals surface area contributed by atoms with Gasteiger partial charge in [0.1, 0.15) is 11.6 Å². The molecule has 7 heteroatoms. The van der Waals surface area contributed by atoms with Crippen molar-refractivity contribution in [2.45, 2.75) is 31.3 Å². The topological polar surface area (TPSA) is 89.5 Å². The van der Waals surface area contributed by atoms with Crippen LogP contribution in [0.2, 0.25) is 0 Å². The fraction of sp³-hybridized carbons (Fsp3) is 0.308. The molecule has 6 nitrogen and oxygen atoms in total. The number of benzene rings is 2. The first kappa shape index (κ1) is 20.2. The second kappa shape index (κ2) is 8.14. The minimum Gasteiger partial charge on any atom is -0.381 e. The summed E-state index contributed by atoms with van der Waals surface area (Å²) in [6, 6.07) is 14.7. The summed E-state index contributed by atoms with van der Waals surface area (Å²) in [5.41, 5.74) is 5.96. The minimum atomic E-state index is -0.254. The van der Waals surface area contributed by atoms with Crippen molar-refractivity contribution in [1.82, 2.24) is 20.3 Å². The molecule has 4 heterocycles. The summed E-state index contributed by atoms with van der Waals surface area (Å²) in [4.78, 5) is 11.8. The van der Waals surface area contributed by atoms with E-state index in [1.807, 2.05) is 24.4 Å². The molecular weight excluding hydrogens is 417 g/mol. The molecule has 2 aliphatic heterocycles. The molecule has 6 rings (SSSR count). The number of imidazole rings is 1. The monoisotopic (exact) mass is 441 g/mol. The van der Waals surface area contributed by atoms with Gasteiger partial charge in [-0.15, -0.1) is 0 Å². The molecule has 2 unspecified atom stereocenters. The average molecular weight is 442 g/mol. The van der Waals surface area contributed by atoms with Gasteiger partial charge in [-0.3, -0.25) is 5.32 Å². The lowest BCUT2D eigenvalue weighted by molar-refractivity contribution is 0.0497. The van der Waals surface area contributed by atoms with Gasteiger partial charge in [-0.05, 0) is 78.8 Å². The van der Waals surface area contributed by atoms with Crippen molar-refractivity contribution in [1.29, 1.82) is 5.26 Å². The van der Waals surface area contributed by atoms with Crippen molar-refractivity contribution in [3.8, 4) is 17.3 Å². The van der Waals surface area contributed by atoms with E-state index in [1.54, 1.807) is 12.1 Å². The first-order chi connectivity index (χ1) is 16.2. The number of nitrogens with zero attached hydrogens (tertiary/aromatic N) is 2. The van der Waals surface area contributed by atoms with Gasteiger partial charge >= 0.3 is 0 Å². The van der Waals surface area contributed by atoms with Crippen LogP contribution in [0.1, 0.15) is 47.6 Å². The molecular formula is C26H24FN5O. The predicted octanol–water partition coefficient (Wildman–Crippen LogP) is 4.92. The van der Waals surface area contributed by atoms with Gasteiger partial charge < -0.3 is 14.7 Å². The van der Waals surface area contributed by atoms with E-state index in [9.17, 15) is 9.65 Å². The number of hydrogen-bond donors (Lipinski definition) is 3. The van der Waals surface area contributed by atoms with E-state index >= 15 is 0 Å². The molecule has 2 aromatic carbocycles. The summed E-state index contributed by atoms with van der Waals surface area (Å²) >= 11 is 0. The number of rotatable bonds is 3. The van der Waals surface area contributed by atoms with Gasteiger partial charge in [0.05, 0.1) is 35.6 Å². The summed E-state index contributed by atoms with van der Waals surface area (Å²) in [5, 5.41) is 14.4. The van der Waals surface area contributed by atoms with Gasteiger partial charge in [-0.2, -0.15) is 5.26 Å². The molecule has 0 spiro atoms. The fourth-order valence-corrected chi connectivity index (χ4v) is 5.27. The number of nitrogens with one attached hydrogen (secondary N) is 3. The van der Waals surface area contributed by atoms with Crippen LogP contribution in [0.4, 0.5) is 4.39 Å². The zero-order chi connectivity index (χ0) is 22.4. The summed E-state index contributed by atoms with van der Waals surface area (Å²) in [7, 11) is 0. The Bertz CT molecular complexity index is 1340. The van der Waals surface area contributed by atoms with Gasteiger partial charge in [0.15, 0.2) is 0 Å².